The van der Waals surface area contributed by atoms with Crippen molar-refractivity contribution in [3.63, 3.8) is 0 Å². The molecule has 0 saturated heterocycles. The van der Waals surface area contributed by atoms with Crippen LogP contribution >= 0.6 is 0 Å². The molecule has 0 aliphatic heterocycles. The second-order valence-corrected chi connectivity index (χ2v) is 3.35. The van der Waals surface area contributed by atoms with Gasteiger partial charge in [0, 0.05) is 13.5 Å². The first-order chi connectivity index (χ1) is 6.09. The molecule has 1 N–H and O–H groups in total. The van der Waals surface area contributed by atoms with Gasteiger partial charge in [-0.05, 0) is 5.92 Å². The molecule has 72 valence electrons. The molecule has 0 unspecified atom stereocenters. The van der Waals surface area contributed by atoms with Crippen LogP contribution in [0.25, 0.3) is 0 Å². The number of carbonyl (C=O) groups excluding carboxylic acids is 1. The number of aryl methyl sites for hydroxylation is 1. The van der Waals surface area contributed by atoms with E-state index in [4.69, 9.17) is 4.42 Å². The van der Waals surface area contributed by atoms with Crippen LogP contribution in [0.2, 0.25) is 0 Å². The van der Waals surface area contributed by atoms with Gasteiger partial charge in [-0.1, -0.05) is 13.8 Å². The van der Waals surface area contributed by atoms with Crippen molar-refractivity contribution in [1.82, 2.24) is 10.3 Å². The van der Waals surface area contributed by atoms with Gasteiger partial charge in [-0.2, -0.15) is 0 Å². The fraction of sp³-hybridized carbons (Fsp3) is 0.556. The van der Waals surface area contributed by atoms with Crippen molar-refractivity contribution < 1.29 is 9.21 Å². The summed E-state index contributed by atoms with van der Waals surface area (Å²) in [4.78, 5) is 15.2. The van der Waals surface area contributed by atoms with Crippen LogP contribution in [0, 0.1) is 12.8 Å². The molecule has 0 saturated carbocycles. The molecule has 1 amide bonds. The summed E-state index contributed by atoms with van der Waals surface area (Å²) in [6.45, 7) is 6.43. The van der Waals surface area contributed by atoms with E-state index in [1.807, 2.05) is 13.8 Å². The molecule has 13 heavy (non-hydrogen) atoms. The van der Waals surface area contributed by atoms with Crippen molar-refractivity contribution in [3.05, 3.63) is 17.8 Å². The zero-order valence-electron chi connectivity index (χ0n) is 8.13. The number of hydrogen-bond acceptors (Lipinski definition) is 3. The number of aromatic nitrogens is 1. The van der Waals surface area contributed by atoms with E-state index < -0.39 is 0 Å². The molecule has 0 atom stereocenters. The SMILES string of the molecule is Cc1ncc(C(=O)NCC(C)C)o1. The van der Waals surface area contributed by atoms with Gasteiger partial charge in [-0.25, -0.2) is 4.98 Å². The van der Waals surface area contributed by atoms with Crippen LogP contribution in [0.5, 0.6) is 0 Å². The lowest BCUT2D eigenvalue weighted by Gasteiger charge is -2.04. The molecule has 0 aliphatic rings. The average Bonchev–Trinajstić information content (AvgIpc) is 2.47. The molecule has 0 aliphatic carbocycles. The molecule has 1 aromatic heterocycles. The van der Waals surface area contributed by atoms with Gasteiger partial charge in [-0.3, -0.25) is 4.79 Å². The third-order valence-corrected chi connectivity index (χ3v) is 1.52. The zero-order chi connectivity index (χ0) is 9.84. The molecular formula is C9H14N2O2. The number of carbonyl (C=O) groups is 1. The highest BCUT2D eigenvalue weighted by Gasteiger charge is 2.10. The van der Waals surface area contributed by atoms with Gasteiger partial charge < -0.3 is 9.73 Å². The van der Waals surface area contributed by atoms with Crippen molar-refractivity contribution in [3.8, 4) is 0 Å². The van der Waals surface area contributed by atoms with Crippen LogP contribution in [0.3, 0.4) is 0 Å². The van der Waals surface area contributed by atoms with E-state index in [-0.39, 0.29) is 11.7 Å². The molecule has 1 rings (SSSR count). The Kier molecular flexibility index (Phi) is 3.06. The summed E-state index contributed by atoms with van der Waals surface area (Å²) >= 11 is 0. The van der Waals surface area contributed by atoms with Gasteiger partial charge in [0.1, 0.15) is 0 Å². The lowest BCUT2D eigenvalue weighted by atomic mass is 10.2. The van der Waals surface area contributed by atoms with E-state index >= 15 is 0 Å². The number of nitrogens with one attached hydrogen (secondary N) is 1. The highest BCUT2D eigenvalue weighted by Crippen LogP contribution is 2.01. The molecule has 1 aromatic rings. The maximum absolute atomic E-state index is 11.3. The van der Waals surface area contributed by atoms with E-state index in [0.717, 1.165) is 0 Å². The number of hydrogen-bond donors (Lipinski definition) is 1. The first-order valence-corrected chi connectivity index (χ1v) is 4.30. The highest BCUT2D eigenvalue weighted by atomic mass is 16.4. The summed E-state index contributed by atoms with van der Waals surface area (Å²) < 4.78 is 5.05. The van der Waals surface area contributed by atoms with Crippen LogP contribution < -0.4 is 5.32 Å². The summed E-state index contributed by atoms with van der Waals surface area (Å²) in [5, 5.41) is 2.74. The standard InChI is InChI=1S/C9H14N2O2/c1-6(2)4-11-9(12)8-5-10-7(3)13-8/h5-6H,4H2,1-3H3,(H,11,12). The Morgan fingerprint density at radius 1 is 1.69 bits per heavy atom. The summed E-state index contributed by atoms with van der Waals surface area (Å²) in [5.41, 5.74) is 0. The Hall–Kier alpha value is -1.32. The summed E-state index contributed by atoms with van der Waals surface area (Å²) in [6.07, 6.45) is 1.44. The normalized spacial score (nSPS) is 10.5. The Balaban J connectivity index is 2.49. The molecule has 0 bridgehead atoms. The predicted molar refractivity (Wildman–Crippen MR) is 48.4 cm³/mol. The smallest absolute Gasteiger partial charge is 0.288 e. The van der Waals surface area contributed by atoms with E-state index in [1.165, 1.54) is 6.20 Å². The minimum Gasteiger partial charge on any atom is -0.436 e. The van der Waals surface area contributed by atoms with E-state index in [2.05, 4.69) is 10.3 Å². The number of amides is 1. The molecule has 0 radical (unpaired) electrons. The minimum atomic E-state index is -0.200. The fourth-order valence-electron chi connectivity index (χ4n) is 0.850. The van der Waals surface area contributed by atoms with Gasteiger partial charge in [0.25, 0.3) is 5.91 Å². The lowest BCUT2D eigenvalue weighted by molar-refractivity contribution is 0.0920. The molecule has 0 spiro atoms. The van der Waals surface area contributed by atoms with Crippen molar-refractivity contribution >= 4 is 5.91 Å². The Morgan fingerprint density at radius 3 is 2.85 bits per heavy atom. The van der Waals surface area contributed by atoms with Crippen LogP contribution in [-0.4, -0.2) is 17.4 Å². The van der Waals surface area contributed by atoms with Gasteiger partial charge in [0.05, 0.1) is 6.20 Å². The molecule has 4 heteroatoms. The second-order valence-electron chi connectivity index (χ2n) is 3.35. The summed E-state index contributed by atoms with van der Waals surface area (Å²) in [7, 11) is 0. The monoisotopic (exact) mass is 182 g/mol. The lowest BCUT2D eigenvalue weighted by Crippen LogP contribution is -2.26. The summed E-state index contributed by atoms with van der Waals surface area (Å²) in [5.74, 6) is 1.02. The van der Waals surface area contributed by atoms with Crippen molar-refractivity contribution in [2.75, 3.05) is 6.54 Å². The Bertz CT molecular complexity index is 292. The predicted octanol–water partition coefficient (Wildman–Crippen LogP) is 1.37. The maximum atomic E-state index is 11.3. The quantitative estimate of drug-likeness (QED) is 0.768. The first kappa shape index (κ1) is 9.77. The third kappa shape index (κ3) is 2.89. The summed E-state index contributed by atoms with van der Waals surface area (Å²) in [6, 6.07) is 0. The third-order valence-electron chi connectivity index (χ3n) is 1.52. The van der Waals surface area contributed by atoms with Gasteiger partial charge in [0.2, 0.25) is 5.76 Å². The molecular weight excluding hydrogens is 168 g/mol. The number of oxazole rings is 1. The fourth-order valence-corrected chi connectivity index (χ4v) is 0.850. The minimum absolute atomic E-state index is 0.200. The number of rotatable bonds is 3. The van der Waals surface area contributed by atoms with E-state index in [1.54, 1.807) is 6.92 Å². The van der Waals surface area contributed by atoms with Gasteiger partial charge in [-0.15, -0.1) is 0 Å². The second kappa shape index (κ2) is 4.07. The zero-order valence-corrected chi connectivity index (χ0v) is 8.13. The van der Waals surface area contributed by atoms with Crippen LogP contribution in [-0.2, 0) is 0 Å². The van der Waals surface area contributed by atoms with Crippen LogP contribution in [0.4, 0.5) is 0 Å². The Morgan fingerprint density at radius 2 is 2.38 bits per heavy atom. The van der Waals surface area contributed by atoms with Crippen molar-refractivity contribution in [2.24, 2.45) is 5.92 Å². The van der Waals surface area contributed by atoms with Gasteiger partial charge in [0.15, 0.2) is 5.89 Å². The average molecular weight is 182 g/mol. The molecule has 1 heterocycles. The number of nitrogens with zero attached hydrogens (tertiary/aromatic N) is 1. The largest absolute Gasteiger partial charge is 0.436 e. The highest BCUT2D eigenvalue weighted by molar-refractivity contribution is 5.91. The van der Waals surface area contributed by atoms with E-state index in [0.29, 0.717) is 18.4 Å². The molecule has 0 aromatic carbocycles. The maximum Gasteiger partial charge on any atom is 0.288 e. The Labute approximate surface area is 77.3 Å². The molecule has 0 fully saturated rings. The topological polar surface area (TPSA) is 55.1 Å². The van der Waals surface area contributed by atoms with Gasteiger partial charge >= 0.3 is 0 Å². The van der Waals surface area contributed by atoms with Crippen LogP contribution in [0.15, 0.2) is 10.6 Å². The van der Waals surface area contributed by atoms with Crippen LogP contribution in [0.1, 0.15) is 30.3 Å². The van der Waals surface area contributed by atoms with E-state index in [9.17, 15) is 4.79 Å². The van der Waals surface area contributed by atoms with Crippen molar-refractivity contribution in [1.29, 1.82) is 0 Å². The molecule has 4 nitrogen and oxygen atoms in total. The first-order valence-electron chi connectivity index (χ1n) is 4.30. The van der Waals surface area contributed by atoms with Crippen molar-refractivity contribution in [2.45, 2.75) is 20.8 Å².